The van der Waals surface area contributed by atoms with E-state index in [0.717, 1.165) is 11.1 Å². The zero-order chi connectivity index (χ0) is 21.9. The molecule has 30 heavy (non-hydrogen) atoms. The largest absolute Gasteiger partial charge is 0.445 e. The molecular weight excluding hydrogens is 380 g/mol. The van der Waals surface area contributed by atoms with E-state index in [2.05, 4.69) is 10.6 Å². The van der Waals surface area contributed by atoms with E-state index in [4.69, 9.17) is 4.74 Å². The summed E-state index contributed by atoms with van der Waals surface area (Å²) in [7, 11) is 0. The Morgan fingerprint density at radius 3 is 1.93 bits per heavy atom. The number of carbonyl (C=O) groups excluding carboxylic acids is 3. The summed E-state index contributed by atoms with van der Waals surface area (Å²) in [6.07, 6.45) is 0.148. The number of ether oxygens (including phenoxy) is 1. The normalized spacial score (nSPS) is 12.7. The van der Waals surface area contributed by atoms with Crippen molar-refractivity contribution in [3.63, 3.8) is 0 Å². The van der Waals surface area contributed by atoms with Crippen molar-refractivity contribution in [1.82, 2.24) is 10.6 Å². The Balaban J connectivity index is 2.06. The summed E-state index contributed by atoms with van der Waals surface area (Å²) >= 11 is 0. The lowest BCUT2D eigenvalue weighted by Gasteiger charge is -2.23. The number of hydrogen-bond acceptors (Lipinski definition) is 4. The molecule has 2 amide bonds. The fraction of sp³-hybridized carbons (Fsp3) is 0.375. The molecule has 2 N–H and O–H groups in total. The Labute approximate surface area is 178 Å². The van der Waals surface area contributed by atoms with Crippen LogP contribution in [0.3, 0.4) is 0 Å². The molecule has 2 aromatic rings. The molecule has 0 bridgehead atoms. The fourth-order valence-electron chi connectivity index (χ4n) is 3.04. The first-order valence-electron chi connectivity index (χ1n) is 10.2. The van der Waals surface area contributed by atoms with Crippen LogP contribution in [0.5, 0.6) is 0 Å². The minimum absolute atomic E-state index is 0.107. The number of benzene rings is 2. The first-order chi connectivity index (χ1) is 14.3. The molecule has 160 valence electrons. The van der Waals surface area contributed by atoms with Gasteiger partial charge in [0.15, 0.2) is 5.78 Å². The van der Waals surface area contributed by atoms with Crippen molar-refractivity contribution in [1.29, 1.82) is 0 Å². The van der Waals surface area contributed by atoms with Gasteiger partial charge < -0.3 is 15.4 Å². The van der Waals surface area contributed by atoms with E-state index in [9.17, 15) is 14.4 Å². The van der Waals surface area contributed by atoms with Gasteiger partial charge in [-0.05, 0) is 30.4 Å². The summed E-state index contributed by atoms with van der Waals surface area (Å²) < 4.78 is 5.27. The number of carbonyl (C=O) groups is 3. The zero-order valence-corrected chi connectivity index (χ0v) is 17.8. The number of amides is 2. The lowest BCUT2D eigenvalue weighted by atomic mass is 9.99. The highest BCUT2D eigenvalue weighted by molar-refractivity contribution is 5.91. The topological polar surface area (TPSA) is 84.5 Å². The molecule has 0 aliphatic heterocycles. The summed E-state index contributed by atoms with van der Waals surface area (Å²) in [5.41, 5.74) is 1.74. The van der Waals surface area contributed by atoms with Crippen LogP contribution in [0.25, 0.3) is 0 Å². The monoisotopic (exact) mass is 410 g/mol. The van der Waals surface area contributed by atoms with E-state index in [-0.39, 0.29) is 18.3 Å². The van der Waals surface area contributed by atoms with Crippen molar-refractivity contribution in [2.24, 2.45) is 5.92 Å². The molecule has 6 nitrogen and oxygen atoms in total. The predicted octanol–water partition coefficient (Wildman–Crippen LogP) is 3.64. The van der Waals surface area contributed by atoms with Crippen molar-refractivity contribution < 1.29 is 19.1 Å². The minimum atomic E-state index is -0.857. The van der Waals surface area contributed by atoms with Crippen LogP contribution in [0, 0.1) is 5.92 Å². The summed E-state index contributed by atoms with van der Waals surface area (Å²) in [6, 6.07) is 17.3. The number of Topliss-reactive ketones (excluding diaryl/α,β-unsaturated/α-hetero) is 1. The Bertz CT molecular complexity index is 822. The van der Waals surface area contributed by atoms with Gasteiger partial charge in [0.25, 0.3) is 0 Å². The number of hydrogen-bond donors (Lipinski definition) is 2. The fourth-order valence-corrected chi connectivity index (χ4v) is 3.04. The third kappa shape index (κ3) is 8.07. The highest BCUT2D eigenvalue weighted by atomic mass is 16.5. The second kappa shape index (κ2) is 11.8. The summed E-state index contributed by atoms with van der Waals surface area (Å²) in [5, 5.41) is 5.44. The van der Waals surface area contributed by atoms with Crippen LogP contribution >= 0.6 is 0 Å². The van der Waals surface area contributed by atoms with Gasteiger partial charge in [0.2, 0.25) is 5.91 Å². The number of alkyl carbamates (subject to hydrolysis) is 1. The molecule has 6 heteroatoms. The first-order valence-corrected chi connectivity index (χ1v) is 10.2. The SMILES string of the molecule is CC(=O)C(CC(C)C)NC(=O)[C@@H](Cc1ccccc1)NC(=O)OCc1ccccc1. The average Bonchev–Trinajstić information content (AvgIpc) is 2.72. The second-order valence-corrected chi connectivity index (χ2v) is 7.75. The van der Waals surface area contributed by atoms with Gasteiger partial charge in [0.1, 0.15) is 12.6 Å². The third-order valence-electron chi connectivity index (χ3n) is 4.62. The Morgan fingerprint density at radius 1 is 0.833 bits per heavy atom. The zero-order valence-electron chi connectivity index (χ0n) is 17.8. The highest BCUT2D eigenvalue weighted by Crippen LogP contribution is 2.09. The second-order valence-electron chi connectivity index (χ2n) is 7.75. The Morgan fingerprint density at radius 2 is 1.40 bits per heavy atom. The molecule has 0 aromatic heterocycles. The molecule has 0 spiro atoms. The standard InChI is InChI=1S/C24H30N2O4/c1-17(2)14-21(18(3)27)25-23(28)22(15-19-10-6-4-7-11-19)26-24(29)30-16-20-12-8-5-9-13-20/h4-13,17,21-22H,14-16H2,1-3H3,(H,25,28)(H,26,29)/t21?,22-/m1/s1. The van der Waals surface area contributed by atoms with Crippen LogP contribution in [0.1, 0.15) is 38.3 Å². The number of nitrogens with one attached hydrogen (secondary N) is 2. The molecule has 0 saturated heterocycles. The summed E-state index contributed by atoms with van der Waals surface area (Å²) in [6.45, 7) is 5.54. The molecule has 0 fully saturated rings. The first kappa shape index (κ1) is 23.1. The molecule has 2 atom stereocenters. The lowest BCUT2D eigenvalue weighted by Crippen LogP contribution is -2.52. The maximum atomic E-state index is 12.9. The average molecular weight is 411 g/mol. The molecule has 0 aliphatic carbocycles. The predicted molar refractivity (Wildman–Crippen MR) is 116 cm³/mol. The highest BCUT2D eigenvalue weighted by Gasteiger charge is 2.26. The van der Waals surface area contributed by atoms with Crippen molar-refractivity contribution >= 4 is 17.8 Å². The van der Waals surface area contributed by atoms with Gasteiger partial charge in [-0.15, -0.1) is 0 Å². The smallest absolute Gasteiger partial charge is 0.408 e. The molecule has 0 saturated carbocycles. The van der Waals surface area contributed by atoms with Crippen LogP contribution in [-0.2, 0) is 27.4 Å². The summed E-state index contributed by atoms with van der Waals surface area (Å²) in [5.74, 6) is -0.269. The molecule has 0 heterocycles. The van der Waals surface area contributed by atoms with Crippen LogP contribution in [-0.4, -0.2) is 29.9 Å². The quantitative estimate of drug-likeness (QED) is 0.626. The van der Waals surface area contributed by atoms with Crippen molar-refractivity contribution in [3.8, 4) is 0 Å². The van der Waals surface area contributed by atoms with Gasteiger partial charge in [-0.25, -0.2) is 4.79 Å². The maximum Gasteiger partial charge on any atom is 0.408 e. The van der Waals surface area contributed by atoms with Gasteiger partial charge in [-0.3, -0.25) is 9.59 Å². The van der Waals surface area contributed by atoms with Gasteiger partial charge in [-0.2, -0.15) is 0 Å². The molecule has 0 radical (unpaired) electrons. The van der Waals surface area contributed by atoms with Crippen LogP contribution in [0.15, 0.2) is 60.7 Å². The summed E-state index contributed by atoms with van der Waals surface area (Å²) in [4.78, 5) is 37.2. The Hall–Kier alpha value is -3.15. The molecule has 1 unspecified atom stereocenters. The van der Waals surface area contributed by atoms with Gasteiger partial charge in [-0.1, -0.05) is 74.5 Å². The van der Waals surface area contributed by atoms with E-state index in [1.165, 1.54) is 6.92 Å². The molecule has 2 aromatic carbocycles. The van der Waals surface area contributed by atoms with Crippen molar-refractivity contribution in [3.05, 3.63) is 71.8 Å². The van der Waals surface area contributed by atoms with Crippen LogP contribution < -0.4 is 10.6 Å². The number of rotatable bonds is 10. The molecule has 2 rings (SSSR count). The maximum absolute atomic E-state index is 12.9. The third-order valence-corrected chi connectivity index (χ3v) is 4.62. The van der Waals surface area contributed by atoms with Gasteiger partial charge in [0, 0.05) is 6.42 Å². The van der Waals surface area contributed by atoms with Crippen molar-refractivity contribution in [2.75, 3.05) is 0 Å². The van der Waals surface area contributed by atoms with E-state index >= 15 is 0 Å². The van der Waals surface area contributed by atoms with E-state index < -0.39 is 24.1 Å². The minimum Gasteiger partial charge on any atom is -0.445 e. The van der Waals surface area contributed by atoms with E-state index in [1.807, 2.05) is 74.5 Å². The molecular formula is C24H30N2O4. The van der Waals surface area contributed by atoms with Crippen LogP contribution in [0.2, 0.25) is 0 Å². The van der Waals surface area contributed by atoms with Gasteiger partial charge >= 0.3 is 6.09 Å². The van der Waals surface area contributed by atoms with Crippen LogP contribution in [0.4, 0.5) is 4.79 Å². The Kier molecular flexibility index (Phi) is 9.06. The molecule has 0 aliphatic rings. The van der Waals surface area contributed by atoms with E-state index in [0.29, 0.717) is 12.8 Å². The van der Waals surface area contributed by atoms with Crippen molar-refractivity contribution in [2.45, 2.75) is 52.3 Å². The van der Waals surface area contributed by atoms with E-state index in [1.54, 1.807) is 0 Å². The van der Waals surface area contributed by atoms with Gasteiger partial charge in [0.05, 0.1) is 6.04 Å². The lowest BCUT2D eigenvalue weighted by molar-refractivity contribution is -0.128. The number of ketones is 1.